The predicted octanol–water partition coefficient (Wildman–Crippen LogP) is 2.56. The highest BCUT2D eigenvalue weighted by atomic mass is 16.5. The van der Waals surface area contributed by atoms with E-state index in [2.05, 4.69) is 17.3 Å². The van der Waals surface area contributed by atoms with E-state index in [-0.39, 0.29) is 24.3 Å². The Kier molecular flexibility index (Phi) is 5.97. The van der Waals surface area contributed by atoms with E-state index in [1.165, 1.54) is 0 Å². The molecule has 2 aromatic rings. The molecule has 0 aliphatic carbocycles. The normalized spacial score (nSPS) is 26.4. The van der Waals surface area contributed by atoms with Gasteiger partial charge in [-0.05, 0) is 38.2 Å². The van der Waals surface area contributed by atoms with Crippen LogP contribution in [0.4, 0.5) is 0 Å². The fraction of sp³-hybridized carbons (Fsp3) is 0.560. The van der Waals surface area contributed by atoms with Gasteiger partial charge in [-0.1, -0.05) is 35.5 Å². The van der Waals surface area contributed by atoms with Crippen molar-refractivity contribution < 1.29 is 23.6 Å². The summed E-state index contributed by atoms with van der Waals surface area (Å²) in [5.74, 6) is 0.608. The van der Waals surface area contributed by atoms with Gasteiger partial charge in [0.05, 0.1) is 18.8 Å². The Morgan fingerprint density at radius 2 is 1.91 bits per heavy atom. The first kappa shape index (κ1) is 22.1. The van der Waals surface area contributed by atoms with Crippen LogP contribution in [0, 0.1) is 19.8 Å². The van der Waals surface area contributed by atoms with Crippen molar-refractivity contribution in [2.75, 3.05) is 46.0 Å². The molecule has 2 amide bonds. The van der Waals surface area contributed by atoms with Crippen molar-refractivity contribution in [2.45, 2.75) is 38.2 Å². The number of carbonyl (C=O) groups is 2. The van der Waals surface area contributed by atoms with Gasteiger partial charge in [0.2, 0.25) is 0 Å². The third kappa shape index (κ3) is 3.95. The van der Waals surface area contributed by atoms with Crippen molar-refractivity contribution in [1.29, 1.82) is 0 Å². The molecule has 2 atom stereocenters. The molecule has 4 heterocycles. The molecule has 0 N–H and O–H groups in total. The fourth-order valence-corrected chi connectivity index (χ4v) is 5.53. The molecule has 5 rings (SSSR count). The Labute approximate surface area is 193 Å². The molecular weight excluding hydrogens is 422 g/mol. The predicted molar refractivity (Wildman–Crippen MR) is 120 cm³/mol. The number of aryl methyl sites for hydroxylation is 2. The molecule has 0 saturated carbocycles. The van der Waals surface area contributed by atoms with Gasteiger partial charge in [0.15, 0.2) is 5.60 Å². The van der Waals surface area contributed by atoms with Crippen LogP contribution in [0.25, 0.3) is 0 Å². The fourth-order valence-electron chi connectivity index (χ4n) is 5.53. The zero-order valence-electron chi connectivity index (χ0n) is 19.3. The Morgan fingerprint density at radius 3 is 2.61 bits per heavy atom. The minimum atomic E-state index is -1.08. The second-order valence-electron chi connectivity index (χ2n) is 9.39. The SMILES string of the molecule is Cc1noc(C)c1C(=O)N1CCOC2(C1)C(=O)N(CC1CCOCC1)CC2c1ccccc1. The van der Waals surface area contributed by atoms with E-state index in [9.17, 15) is 9.59 Å². The lowest BCUT2D eigenvalue weighted by Crippen LogP contribution is -2.59. The maximum absolute atomic E-state index is 13.9. The van der Waals surface area contributed by atoms with Gasteiger partial charge in [-0.2, -0.15) is 0 Å². The number of ether oxygens (including phenoxy) is 2. The number of amides is 2. The lowest BCUT2D eigenvalue weighted by Gasteiger charge is -2.42. The number of benzene rings is 1. The van der Waals surface area contributed by atoms with Crippen molar-refractivity contribution in [3.05, 3.63) is 52.9 Å². The first-order valence-corrected chi connectivity index (χ1v) is 11.8. The lowest BCUT2D eigenvalue weighted by molar-refractivity contribution is -0.160. The quantitative estimate of drug-likeness (QED) is 0.707. The second-order valence-corrected chi connectivity index (χ2v) is 9.39. The summed E-state index contributed by atoms with van der Waals surface area (Å²) in [6.45, 7) is 7.26. The largest absolute Gasteiger partial charge is 0.381 e. The lowest BCUT2D eigenvalue weighted by atomic mass is 9.83. The summed E-state index contributed by atoms with van der Waals surface area (Å²) in [6.07, 6.45) is 1.93. The minimum absolute atomic E-state index is 0.0147. The van der Waals surface area contributed by atoms with Gasteiger partial charge in [0.1, 0.15) is 11.3 Å². The summed E-state index contributed by atoms with van der Waals surface area (Å²) < 4.78 is 17.1. The van der Waals surface area contributed by atoms with Crippen LogP contribution in [-0.2, 0) is 14.3 Å². The standard InChI is InChI=1S/C25H31N3O5/c1-17-22(18(2)33-26-17)23(29)27-10-13-32-25(16-27)21(20-6-4-3-5-7-20)15-28(24(25)30)14-19-8-11-31-12-9-19/h3-7,19,21H,8-16H2,1-2H3. The van der Waals surface area contributed by atoms with Crippen LogP contribution in [0.15, 0.2) is 34.9 Å². The zero-order valence-corrected chi connectivity index (χ0v) is 19.3. The maximum atomic E-state index is 13.9. The minimum Gasteiger partial charge on any atom is -0.381 e. The summed E-state index contributed by atoms with van der Waals surface area (Å²) in [4.78, 5) is 31.0. The van der Waals surface area contributed by atoms with E-state index in [1.807, 2.05) is 23.1 Å². The second kappa shape index (κ2) is 8.91. The number of nitrogens with zero attached hydrogens (tertiary/aromatic N) is 3. The number of aromatic nitrogens is 1. The Balaban J connectivity index is 1.45. The van der Waals surface area contributed by atoms with E-state index in [4.69, 9.17) is 14.0 Å². The third-order valence-corrected chi connectivity index (χ3v) is 7.32. The van der Waals surface area contributed by atoms with Gasteiger partial charge in [-0.15, -0.1) is 0 Å². The smallest absolute Gasteiger partial charge is 0.259 e. The van der Waals surface area contributed by atoms with Crippen LogP contribution in [0.5, 0.6) is 0 Å². The number of morpholine rings is 1. The average molecular weight is 454 g/mol. The number of hydrogen-bond acceptors (Lipinski definition) is 6. The maximum Gasteiger partial charge on any atom is 0.259 e. The van der Waals surface area contributed by atoms with Crippen LogP contribution in [-0.4, -0.2) is 78.4 Å². The van der Waals surface area contributed by atoms with Gasteiger partial charge in [-0.3, -0.25) is 9.59 Å². The Morgan fingerprint density at radius 1 is 1.15 bits per heavy atom. The monoisotopic (exact) mass is 453 g/mol. The van der Waals surface area contributed by atoms with Gasteiger partial charge >= 0.3 is 0 Å². The Bertz CT molecular complexity index is 997. The molecule has 3 aliphatic rings. The number of hydrogen-bond donors (Lipinski definition) is 0. The molecule has 8 nitrogen and oxygen atoms in total. The van der Waals surface area contributed by atoms with Crippen molar-refractivity contribution in [3.63, 3.8) is 0 Å². The first-order valence-electron chi connectivity index (χ1n) is 11.8. The molecule has 33 heavy (non-hydrogen) atoms. The summed E-state index contributed by atoms with van der Waals surface area (Å²) in [5, 5.41) is 3.94. The molecule has 3 aliphatic heterocycles. The van der Waals surface area contributed by atoms with Gasteiger partial charge in [-0.25, -0.2) is 0 Å². The van der Waals surface area contributed by atoms with Crippen molar-refractivity contribution in [3.8, 4) is 0 Å². The average Bonchev–Trinajstić information content (AvgIpc) is 3.31. The number of carbonyl (C=O) groups excluding carboxylic acids is 2. The van der Waals surface area contributed by atoms with Crippen LogP contribution >= 0.6 is 0 Å². The van der Waals surface area contributed by atoms with Gasteiger partial charge in [0.25, 0.3) is 11.8 Å². The molecule has 3 saturated heterocycles. The molecule has 0 radical (unpaired) electrons. The molecule has 1 aromatic heterocycles. The summed E-state index contributed by atoms with van der Waals surface area (Å²) in [6, 6.07) is 10.1. The Hall–Kier alpha value is -2.71. The topological polar surface area (TPSA) is 85.1 Å². The van der Waals surface area contributed by atoms with Crippen molar-refractivity contribution >= 4 is 11.8 Å². The van der Waals surface area contributed by atoms with Gasteiger partial charge in [0, 0.05) is 38.8 Å². The first-order chi connectivity index (χ1) is 16.0. The molecule has 8 heteroatoms. The van der Waals surface area contributed by atoms with E-state index in [0.29, 0.717) is 49.2 Å². The number of likely N-dealkylation sites (tertiary alicyclic amines) is 1. The van der Waals surface area contributed by atoms with Crippen LogP contribution in [0.3, 0.4) is 0 Å². The highest BCUT2D eigenvalue weighted by molar-refractivity contribution is 5.97. The summed E-state index contributed by atoms with van der Waals surface area (Å²) >= 11 is 0. The highest BCUT2D eigenvalue weighted by Gasteiger charge is 2.58. The molecule has 0 bridgehead atoms. The van der Waals surface area contributed by atoms with Gasteiger partial charge < -0.3 is 23.8 Å². The number of rotatable bonds is 4. The summed E-state index contributed by atoms with van der Waals surface area (Å²) in [5.41, 5.74) is 1.02. The van der Waals surface area contributed by atoms with Crippen LogP contribution in [0.1, 0.15) is 46.1 Å². The van der Waals surface area contributed by atoms with E-state index < -0.39 is 5.60 Å². The van der Waals surface area contributed by atoms with Crippen LogP contribution < -0.4 is 0 Å². The third-order valence-electron chi connectivity index (χ3n) is 7.32. The molecule has 2 unspecified atom stereocenters. The van der Waals surface area contributed by atoms with E-state index >= 15 is 0 Å². The van der Waals surface area contributed by atoms with E-state index in [0.717, 1.165) is 31.6 Å². The van der Waals surface area contributed by atoms with Crippen molar-refractivity contribution in [1.82, 2.24) is 15.0 Å². The molecule has 3 fully saturated rings. The molecule has 176 valence electrons. The zero-order chi connectivity index (χ0) is 23.0. The van der Waals surface area contributed by atoms with E-state index in [1.54, 1.807) is 18.7 Å². The van der Waals surface area contributed by atoms with Crippen molar-refractivity contribution in [2.24, 2.45) is 5.92 Å². The highest BCUT2D eigenvalue weighted by Crippen LogP contribution is 2.43. The molecule has 1 aromatic carbocycles. The summed E-state index contributed by atoms with van der Waals surface area (Å²) in [7, 11) is 0. The molecule has 1 spiro atoms. The van der Waals surface area contributed by atoms with Crippen LogP contribution in [0.2, 0.25) is 0 Å². The molecular formula is C25H31N3O5.